The number of amides is 2. The van der Waals surface area contributed by atoms with Crippen LogP contribution in [0.4, 0.5) is 0 Å². The van der Waals surface area contributed by atoms with Crippen molar-refractivity contribution < 1.29 is 9.59 Å². The van der Waals surface area contributed by atoms with Crippen molar-refractivity contribution in [3.05, 3.63) is 12.2 Å². The van der Waals surface area contributed by atoms with Gasteiger partial charge in [-0.25, -0.2) is 0 Å². The van der Waals surface area contributed by atoms with Crippen molar-refractivity contribution in [3.8, 4) is 0 Å². The minimum atomic E-state index is -0.196. The number of carbonyl (C=O) groups excluding carboxylic acids is 2. The quantitative estimate of drug-likeness (QED) is 0.555. The SMILES string of the molecule is CC.CCN1C(=O)C=CCC1=O. The van der Waals surface area contributed by atoms with Gasteiger partial charge in [-0.3, -0.25) is 14.5 Å². The molecule has 0 bridgehead atoms. The highest BCUT2D eigenvalue weighted by Crippen LogP contribution is 2.03. The fraction of sp³-hybridized carbons (Fsp3) is 0.556. The molecule has 0 aromatic carbocycles. The molecule has 0 saturated carbocycles. The molecule has 1 heterocycles. The van der Waals surface area contributed by atoms with Crippen LogP contribution in [0.3, 0.4) is 0 Å². The van der Waals surface area contributed by atoms with Crippen molar-refractivity contribution in [2.45, 2.75) is 27.2 Å². The summed E-state index contributed by atoms with van der Waals surface area (Å²) in [5.74, 6) is -0.297. The number of hydrogen-bond donors (Lipinski definition) is 0. The normalized spacial score (nSPS) is 15.8. The van der Waals surface area contributed by atoms with Crippen molar-refractivity contribution in [2.75, 3.05) is 6.54 Å². The Morgan fingerprint density at radius 2 is 2.00 bits per heavy atom. The molecule has 0 radical (unpaired) electrons. The highest BCUT2D eigenvalue weighted by molar-refractivity contribution is 6.04. The molecule has 12 heavy (non-hydrogen) atoms. The van der Waals surface area contributed by atoms with E-state index in [1.807, 2.05) is 13.8 Å². The van der Waals surface area contributed by atoms with E-state index in [4.69, 9.17) is 0 Å². The first-order valence-electron chi connectivity index (χ1n) is 4.26. The minimum absolute atomic E-state index is 0.102. The van der Waals surface area contributed by atoms with Crippen molar-refractivity contribution in [2.24, 2.45) is 0 Å². The molecule has 1 aliphatic rings. The van der Waals surface area contributed by atoms with E-state index in [9.17, 15) is 9.59 Å². The number of rotatable bonds is 1. The highest BCUT2D eigenvalue weighted by Gasteiger charge is 2.19. The van der Waals surface area contributed by atoms with Crippen LogP contribution in [-0.2, 0) is 9.59 Å². The maximum atomic E-state index is 10.9. The van der Waals surface area contributed by atoms with Gasteiger partial charge < -0.3 is 0 Å². The van der Waals surface area contributed by atoms with E-state index in [1.54, 1.807) is 13.0 Å². The van der Waals surface area contributed by atoms with Gasteiger partial charge in [-0.1, -0.05) is 19.9 Å². The van der Waals surface area contributed by atoms with Gasteiger partial charge in [0, 0.05) is 19.0 Å². The predicted molar refractivity (Wildman–Crippen MR) is 47.5 cm³/mol. The molecular weight excluding hydrogens is 154 g/mol. The van der Waals surface area contributed by atoms with E-state index in [0.29, 0.717) is 13.0 Å². The third-order valence-corrected chi connectivity index (χ3v) is 1.44. The van der Waals surface area contributed by atoms with E-state index < -0.39 is 0 Å². The second kappa shape index (κ2) is 5.52. The first kappa shape index (κ1) is 10.9. The van der Waals surface area contributed by atoms with Gasteiger partial charge in [-0.15, -0.1) is 0 Å². The molecule has 0 unspecified atom stereocenters. The Morgan fingerprint density at radius 3 is 2.33 bits per heavy atom. The fourth-order valence-electron chi connectivity index (χ4n) is 0.916. The molecule has 1 aliphatic heterocycles. The number of likely N-dealkylation sites (N-methyl/N-ethyl adjacent to an activating group) is 1. The van der Waals surface area contributed by atoms with Crippen molar-refractivity contribution in [1.29, 1.82) is 0 Å². The molecule has 0 fully saturated rings. The summed E-state index contributed by atoms with van der Waals surface area (Å²) >= 11 is 0. The Hall–Kier alpha value is -1.12. The lowest BCUT2D eigenvalue weighted by Gasteiger charge is -2.18. The second-order valence-corrected chi connectivity index (χ2v) is 2.08. The zero-order valence-corrected chi connectivity index (χ0v) is 7.83. The van der Waals surface area contributed by atoms with Gasteiger partial charge in [0.1, 0.15) is 0 Å². The Morgan fingerprint density at radius 1 is 1.42 bits per heavy atom. The smallest absolute Gasteiger partial charge is 0.252 e. The first-order valence-corrected chi connectivity index (χ1v) is 4.26. The van der Waals surface area contributed by atoms with Gasteiger partial charge in [0.05, 0.1) is 0 Å². The molecule has 0 aromatic rings. The van der Waals surface area contributed by atoms with E-state index in [-0.39, 0.29) is 11.8 Å². The van der Waals surface area contributed by atoms with Crippen LogP contribution in [-0.4, -0.2) is 23.3 Å². The summed E-state index contributed by atoms with van der Waals surface area (Å²) in [6, 6.07) is 0. The van der Waals surface area contributed by atoms with Crippen molar-refractivity contribution >= 4 is 11.8 Å². The Balaban J connectivity index is 0.000000561. The number of hydrogen-bond acceptors (Lipinski definition) is 2. The van der Waals surface area contributed by atoms with Crippen LogP contribution in [0.15, 0.2) is 12.2 Å². The first-order chi connectivity index (χ1) is 5.75. The van der Waals surface area contributed by atoms with Crippen LogP contribution in [0, 0.1) is 0 Å². The molecule has 2 amide bonds. The second-order valence-electron chi connectivity index (χ2n) is 2.08. The minimum Gasteiger partial charge on any atom is -0.279 e. The molecule has 3 nitrogen and oxygen atoms in total. The third-order valence-electron chi connectivity index (χ3n) is 1.44. The monoisotopic (exact) mass is 169 g/mol. The Bertz CT molecular complexity index is 197. The molecule has 0 N–H and O–H groups in total. The average molecular weight is 169 g/mol. The Kier molecular flexibility index (Phi) is 5.00. The molecule has 1 rings (SSSR count). The highest BCUT2D eigenvalue weighted by atomic mass is 16.2. The van der Waals surface area contributed by atoms with Gasteiger partial charge in [-0.05, 0) is 6.92 Å². The average Bonchev–Trinajstić information content (AvgIpc) is 2.08. The van der Waals surface area contributed by atoms with Crippen LogP contribution >= 0.6 is 0 Å². The summed E-state index contributed by atoms with van der Waals surface area (Å²) in [6.45, 7) is 6.26. The summed E-state index contributed by atoms with van der Waals surface area (Å²) in [5, 5.41) is 0. The fourth-order valence-corrected chi connectivity index (χ4v) is 0.916. The van der Waals surface area contributed by atoms with E-state index in [2.05, 4.69) is 0 Å². The maximum Gasteiger partial charge on any atom is 0.252 e. The largest absolute Gasteiger partial charge is 0.279 e. The zero-order valence-electron chi connectivity index (χ0n) is 7.83. The molecule has 0 saturated heterocycles. The van der Waals surface area contributed by atoms with E-state index >= 15 is 0 Å². The lowest BCUT2D eigenvalue weighted by atomic mass is 10.2. The third kappa shape index (κ3) is 2.49. The standard InChI is InChI=1S/C7H9NO2.C2H6/c1-2-8-6(9)4-3-5-7(8)10;1-2/h3-4H,2,5H2,1H3;1-2H3. The van der Waals surface area contributed by atoms with Crippen LogP contribution < -0.4 is 0 Å². The summed E-state index contributed by atoms with van der Waals surface area (Å²) in [7, 11) is 0. The van der Waals surface area contributed by atoms with Crippen LogP contribution in [0.5, 0.6) is 0 Å². The molecular formula is C9H15NO2. The molecule has 3 heteroatoms. The van der Waals surface area contributed by atoms with Crippen molar-refractivity contribution in [3.63, 3.8) is 0 Å². The topological polar surface area (TPSA) is 37.4 Å². The van der Waals surface area contributed by atoms with Gasteiger partial charge in [0.2, 0.25) is 5.91 Å². The maximum absolute atomic E-state index is 10.9. The molecule has 0 aliphatic carbocycles. The van der Waals surface area contributed by atoms with Crippen LogP contribution in [0.25, 0.3) is 0 Å². The predicted octanol–water partition coefficient (Wildman–Crippen LogP) is 1.35. The zero-order chi connectivity index (χ0) is 9.56. The summed E-state index contributed by atoms with van der Waals surface area (Å²) in [4.78, 5) is 23.0. The van der Waals surface area contributed by atoms with Gasteiger partial charge >= 0.3 is 0 Å². The molecule has 0 aromatic heterocycles. The Labute approximate surface area is 73.1 Å². The van der Waals surface area contributed by atoms with Gasteiger partial charge in [-0.2, -0.15) is 0 Å². The molecule has 0 atom stereocenters. The van der Waals surface area contributed by atoms with Gasteiger partial charge in [0.25, 0.3) is 5.91 Å². The summed E-state index contributed by atoms with van der Waals surface area (Å²) in [6.07, 6.45) is 3.39. The number of carbonyl (C=O) groups is 2. The summed E-state index contributed by atoms with van der Waals surface area (Å²) < 4.78 is 0. The van der Waals surface area contributed by atoms with Gasteiger partial charge in [0.15, 0.2) is 0 Å². The van der Waals surface area contributed by atoms with Crippen molar-refractivity contribution in [1.82, 2.24) is 4.90 Å². The van der Waals surface area contributed by atoms with E-state index in [0.717, 1.165) is 0 Å². The number of nitrogens with zero attached hydrogens (tertiary/aromatic N) is 1. The lowest BCUT2D eigenvalue weighted by Crippen LogP contribution is -2.37. The van der Waals surface area contributed by atoms with E-state index in [1.165, 1.54) is 11.0 Å². The summed E-state index contributed by atoms with van der Waals surface area (Å²) in [5.41, 5.74) is 0. The van der Waals surface area contributed by atoms with Crippen LogP contribution in [0.2, 0.25) is 0 Å². The van der Waals surface area contributed by atoms with Crippen LogP contribution in [0.1, 0.15) is 27.2 Å². The number of imide groups is 1. The lowest BCUT2D eigenvalue weighted by molar-refractivity contribution is -0.141. The molecule has 68 valence electrons. The molecule has 0 spiro atoms.